The van der Waals surface area contributed by atoms with Crippen LogP contribution in [0.5, 0.6) is 0 Å². The van der Waals surface area contributed by atoms with Crippen LogP contribution in [0.25, 0.3) is 11.1 Å². The Morgan fingerprint density at radius 1 is 0.914 bits per heavy atom. The lowest BCUT2D eigenvalue weighted by Gasteiger charge is -2.15. The van der Waals surface area contributed by atoms with Crippen LogP contribution >= 0.6 is 0 Å². The molecule has 3 rings (SSSR count). The van der Waals surface area contributed by atoms with Crippen molar-refractivity contribution in [2.75, 3.05) is 11.9 Å². The first kappa shape index (κ1) is 25.2. The van der Waals surface area contributed by atoms with Gasteiger partial charge in [-0.3, -0.25) is 15.0 Å². The second-order valence-corrected chi connectivity index (χ2v) is 8.61. The lowest BCUT2D eigenvalue weighted by atomic mass is 9.93. The maximum absolute atomic E-state index is 13.2. The zero-order valence-electron chi connectivity index (χ0n) is 19.8. The minimum absolute atomic E-state index is 0.0705. The summed E-state index contributed by atoms with van der Waals surface area (Å²) in [7, 11) is 0. The molecule has 0 aliphatic heterocycles. The Hall–Kier alpha value is -4.46. The van der Waals surface area contributed by atoms with Gasteiger partial charge in [0.1, 0.15) is 5.84 Å². The number of amides is 2. The van der Waals surface area contributed by atoms with E-state index in [-0.39, 0.29) is 34.4 Å². The summed E-state index contributed by atoms with van der Waals surface area (Å²) < 4.78 is 0. The Bertz CT molecular complexity index is 1310. The van der Waals surface area contributed by atoms with E-state index in [9.17, 15) is 19.5 Å². The molecule has 0 saturated heterocycles. The standard InChI is InChI=1S/C27H28N4O4/c1-15(2)14-30-25(32)18-8-10-20(22(13-18)27(34)35)19-6-4-5-7-21(19)26(33)31-23-11-9-17(24(28)29)12-16(23)3/h4-13,15H,14H2,1-3H3,(H3,28,29)(H,30,32)(H,31,33)(H,34,35). The summed E-state index contributed by atoms with van der Waals surface area (Å²) in [4.78, 5) is 37.7. The smallest absolute Gasteiger partial charge is 0.336 e. The summed E-state index contributed by atoms with van der Waals surface area (Å²) in [6.45, 7) is 6.19. The van der Waals surface area contributed by atoms with Crippen molar-refractivity contribution in [3.63, 3.8) is 0 Å². The molecule has 8 nitrogen and oxygen atoms in total. The Kier molecular flexibility index (Phi) is 7.66. The number of carboxylic acids is 1. The Morgan fingerprint density at radius 3 is 2.20 bits per heavy atom. The molecule has 0 unspecified atom stereocenters. The lowest BCUT2D eigenvalue weighted by molar-refractivity contribution is 0.0697. The van der Waals surface area contributed by atoms with Crippen molar-refractivity contribution in [2.24, 2.45) is 11.7 Å². The number of carbonyl (C=O) groups excluding carboxylic acids is 2. The van der Waals surface area contributed by atoms with Crippen LogP contribution in [-0.2, 0) is 0 Å². The minimum Gasteiger partial charge on any atom is -0.478 e. The van der Waals surface area contributed by atoms with Gasteiger partial charge in [-0.15, -0.1) is 0 Å². The van der Waals surface area contributed by atoms with E-state index < -0.39 is 11.9 Å². The number of nitrogen functional groups attached to an aromatic ring is 1. The van der Waals surface area contributed by atoms with Crippen LogP contribution in [0.3, 0.4) is 0 Å². The van der Waals surface area contributed by atoms with E-state index in [4.69, 9.17) is 11.1 Å². The molecule has 0 heterocycles. The van der Waals surface area contributed by atoms with Crippen molar-refractivity contribution in [3.05, 3.63) is 88.5 Å². The highest BCUT2D eigenvalue weighted by molar-refractivity contribution is 6.11. The monoisotopic (exact) mass is 472 g/mol. The molecule has 0 spiro atoms. The fraction of sp³-hybridized carbons (Fsp3) is 0.185. The van der Waals surface area contributed by atoms with E-state index in [1.165, 1.54) is 6.07 Å². The third-order valence-electron chi connectivity index (χ3n) is 5.43. The number of hydrogen-bond donors (Lipinski definition) is 5. The van der Waals surface area contributed by atoms with Crippen LogP contribution in [0.15, 0.2) is 60.7 Å². The van der Waals surface area contributed by atoms with Gasteiger partial charge in [-0.05, 0) is 65.9 Å². The number of amidine groups is 1. The number of nitrogens with two attached hydrogens (primary N) is 1. The molecule has 0 aromatic heterocycles. The highest BCUT2D eigenvalue weighted by Crippen LogP contribution is 2.29. The number of rotatable bonds is 8. The van der Waals surface area contributed by atoms with E-state index in [0.717, 1.165) is 5.56 Å². The van der Waals surface area contributed by atoms with Gasteiger partial charge < -0.3 is 21.5 Å². The summed E-state index contributed by atoms with van der Waals surface area (Å²) in [6.07, 6.45) is 0. The fourth-order valence-corrected chi connectivity index (χ4v) is 3.57. The van der Waals surface area contributed by atoms with Crippen molar-refractivity contribution in [1.82, 2.24) is 5.32 Å². The number of anilines is 1. The van der Waals surface area contributed by atoms with E-state index in [1.807, 2.05) is 13.8 Å². The molecule has 0 fully saturated rings. The lowest BCUT2D eigenvalue weighted by Crippen LogP contribution is -2.27. The van der Waals surface area contributed by atoms with Gasteiger partial charge in [0.05, 0.1) is 5.56 Å². The number of aromatic carboxylic acids is 1. The molecule has 0 radical (unpaired) electrons. The molecular formula is C27H28N4O4. The third kappa shape index (κ3) is 5.92. The quantitative estimate of drug-likeness (QED) is 0.245. The first-order valence-corrected chi connectivity index (χ1v) is 11.1. The second-order valence-electron chi connectivity index (χ2n) is 8.61. The van der Waals surface area contributed by atoms with E-state index in [0.29, 0.717) is 28.9 Å². The molecule has 8 heteroatoms. The topological polar surface area (TPSA) is 145 Å². The molecule has 180 valence electrons. The fourth-order valence-electron chi connectivity index (χ4n) is 3.57. The van der Waals surface area contributed by atoms with E-state index in [1.54, 1.807) is 61.5 Å². The molecule has 3 aromatic carbocycles. The number of carbonyl (C=O) groups is 3. The van der Waals surface area contributed by atoms with Gasteiger partial charge in [-0.1, -0.05) is 38.1 Å². The second kappa shape index (κ2) is 10.6. The predicted octanol–water partition coefficient (Wildman–Crippen LogP) is 4.28. The Labute approximate surface area is 203 Å². The number of nitrogens with one attached hydrogen (secondary N) is 3. The zero-order chi connectivity index (χ0) is 25.7. The first-order chi connectivity index (χ1) is 16.6. The van der Waals surface area contributed by atoms with Gasteiger partial charge in [-0.2, -0.15) is 0 Å². The van der Waals surface area contributed by atoms with Gasteiger partial charge in [0.2, 0.25) is 0 Å². The van der Waals surface area contributed by atoms with Crippen molar-refractivity contribution < 1.29 is 19.5 Å². The average Bonchev–Trinajstić information content (AvgIpc) is 2.83. The Morgan fingerprint density at radius 2 is 1.57 bits per heavy atom. The van der Waals surface area contributed by atoms with Crippen molar-refractivity contribution >= 4 is 29.3 Å². The summed E-state index contributed by atoms with van der Waals surface area (Å²) in [5.41, 5.74) is 8.53. The number of hydrogen-bond acceptors (Lipinski definition) is 4. The van der Waals surface area contributed by atoms with Crippen molar-refractivity contribution in [3.8, 4) is 11.1 Å². The number of benzene rings is 3. The molecule has 0 saturated carbocycles. The maximum atomic E-state index is 13.2. The normalized spacial score (nSPS) is 10.6. The molecular weight excluding hydrogens is 444 g/mol. The van der Waals surface area contributed by atoms with Gasteiger partial charge >= 0.3 is 5.97 Å². The first-order valence-electron chi connectivity index (χ1n) is 11.1. The number of aryl methyl sites for hydroxylation is 1. The molecule has 35 heavy (non-hydrogen) atoms. The van der Waals surface area contributed by atoms with Crippen LogP contribution in [0.2, 0.25) is 0 Å². The van der Waals surface area contributed by atoms with E-state index in [2.05, 4.69) is 10.6 Å². The predicted molar refractivity (Wildman–Crippen MR) is 136 cm³/mol. The molecule has 0 aliphatic carbocycles. The summed E-state index contributed by atoms with van der Waals surface area (Å²) in [6, 6.07) is 16.1. The van der Waals surface area contributed by atoms with Gasteiger partial charge in [0, 0.05) is 28.9 Å². The summed E-state index contributed by atoms with van der Waals surface area (Å²) >= 11 is 0. The van der Waals surface area contributed by atoms with Gasteiger partial charge in [0.15, 0.2) is 0 Å². The molecule has 0 aliphatic rings. The van der Waals surface area contributed by atoms with Crippen LogP contribution in [0.1, 0.15) is 56.0 Å². The van der Waals surface area contributed by atoms with Crippen LogP contribution in [0, 0.1) is 18.3 Å². The van der Waals surface area contributed by atoms with Crippen LogP contribution < -0.4 is 16.4 Å². The molecule has 2 amide bonds. The molecule has 0 bridgehead atoms. The van der Waals surface area contributed by atoms with Crippen molar-refractivity contribution in [1.29, 1.82) is 5.41 Å². The largest absolute Gasteiger partial charge is 0.478 e. The maximum Gasteiger partial charge on any atom is 0.336 e. The average molecular weight is 473 g/mol. The third-order valence-corrected chi connectivity index (χ3v) is 5.43. The highest BCUT2D eigenvalue weighted by atomic mass is 16.4. The SMILES string of the molecule is Cc1cc(C(=N)N)ccc1NC(=O)c1ccccc1-c1ccc(C(=O)NCC(C)C)cc1C(=O)O. The Balaban J connectivity index is 1.97. The summed E-state index contributed by atoms with van der Waals surface area (Å²) in [5, 5.41) is 23.0. The van der Waals surface area contributed by atoms with Crippen LogP contribution in [-0.4, -0.2) is 35.3 Å². The highest BCUT2D eigenvalue weighted by Gasteiger charge is 2.20. The van der Waals surface area contributed by atoms with E-state index >= 15 is 0 Å². The zero-order valence-corrected chi connectivity index (χ0v) is 19.8. The number of carboxylic acid groups (broad SMARTS) is 1. The molecule has 0 atom stereocenters. The van der Waals surface area contributed by atoms with Gasteiger partial charge in [0.25, 0.3) is 11.8 Å². The molecule has 6 N–H and O–H groups in total. The summed E-state index contributed by atoms with van der Waals surface area (Å²) in [5.74, 6) is -1.80. The van der Waals surface area contributed by atoms with Crippen LogP contribution in [0.4, 0.5) is 5.69 Å². The van der Waals surface area contributed by atoms with Gasteiger partial charge in [-0.25, -0.2) is 4.79 Å². The minimum atomic E-state index is -1.20. The van der Waals surface area contributed by atoms with Crippen molar-refractivity contribution in [2.45, 2.75) is 20.8 Å². The molecule has 3 aromatic rings.